The molecule has 0 amide bonds. The number of carbonyl (C=O) groups is 1. The molecule has 1 aromatic carbocycles. The van der Waals surface area contributed by atoms with Gasteiger partial charge in [0.15, 0.2) is 23.9 Å². The molecule has 4 heterocycles. The summed E-state index contributed by atoms with van der Waals surface area (Å²) in [6.07, 6.45) is 2.72. The maximum atomic E-state index is 13.6. The van der Waals surface area contributed by atoms with Crippen LogP contribution in [-0.2, 0) is 14.2 Å². The van der Waals surface area contributed by atoms with E-state index in [-0.39, 0.29) is 11.9 Å². The summed E-state index contributed by atoms with van der Waals surface area (Å²) >= 11 is 6.28. The van der Waals surface area contributed by atoms with E-state index >= 15 is 0 Å². The lowest BCUT2D eigenvalue weighted by atomic mass is 10.0. The van der Waals surface area contributed by atoms with Crippen molar-refractivity contribution < 1.29 is 23.7 Å². The average Bonchev–Trinajstić information content (AvgIpc) is 3.25. The maximum Gasteiger partial charge on any atom is 0.194 e. The molecule has 10 heteroatoms. The smallest absolute Gasteiger partial charge is 0.194 e. The van der Waals surface area contributed by atoms with Crippen LogP contribution in [0.1, 0.15) is 43.3 Å². The van der Waals surface area contributed by atoms with Gasteiger partial charge in [0.2, 0.25) is 0 Å². The van der Waals surface area contributed by atoms with Crippen molar-refractivity contribution in [2.45, 2.75) is 63.1 Å². The third kappa shape index (κ3) is 3.56. The van der Waals surface area contributed by atoms with Gasteiger partial charge >= 0.3 is 0 Å². The summed E-state index contributed by atoms with van der Waals surface area (Å²) in [6, 6.07) is 6.84. The maximum absolute atomic E-state index is 13.6. The third-order valence-corrected chi connectivity index (χ3v) is 6.45. The lowest BCUT2D eigenvalue weighted by Gasteiger charge is -2.24. The average molecular weight is 471 g/mol. The Kier molecular flexibility index (Phi) is 4.67. The first-order valence-electron chi connectivity index (χ1n) is 10.9. The van der Waals surface area contributed by atoms with Gasteiger partial charge in [0.05, 0.1) is 16.5 Å². The second-order valence-electron chi connectivity index (χ2n) is 9.06. The van der Waals surface area contributed by atoms with Crippen LogP contribution in [0.25, 0.3) is 11.0 Å². The first kappa shape index (κ1) is 20.9. The molecular weight excluding hydrogens is 448 g/mol. The first-order valence-corrected chi connectivity index (χ1v) is 11.3. The molecule has 0 bridgehead atoms. The summed E-state index contributed by atoms with van der Waals surface area (Å²) < 4.78 is 26.2. The van der Waals surface area contributed by atoms with Gasteiger partial charge in [0.25, 0.3) is 0 Å². The van der Waals surface area contributed by atoms with Crippen LogP contribution in [0.4, 0.5) is 5.82 Å². The number of ether oxygens (including phenoxy) is 4. The Morgan fingerprint density at radius 3 is 2.79 bits per heavy atom. The van der Waals surface area contributed by atoms with Gasteiger partial charge in [-0.25, -0.2) is 9.97 Å². The number of ketones is 1. The normalized spacial score (nSPS) is 28.2. The number of rotatable bonds is 5. The van der Waals surface area contributed by atoms with Crippen molar-refractivity contribution in [3.63, 3.8) is 0 Å². The highest BCUT2D eigenvalue weighted by molar-refractivity contribution is 6.32. The molecule has 3 aromatic rings. The summed E-state index contributed by atoms with van der Waals surface area (Å²) in [5, 5.41) is 1.17. The number of fused-ring (bicyclic) bond motifs is 2. The number of anilines is 1. The van der Waals surface area contributed by atoms with Crippen LogP contribution < -0.4 is 10.5 Å². The van der Waals surface area contributed by atoms with Crippen LogP contribution in [0.3, 0.4) is 0 Å². The van der Waals surface area contributed by atoms with E-state index in [1.165, 1.54) is 6.33 Å². The van der Waals surface area contributed by atoms with Crippen LogP contribution in [0.15, 0.2) is 36.8 Å². The SMILES string of the molecule is CC1(C)O[C@@H]2[C@H](O1)[C@@H](C(=O)c1ccc(Cl)c(OC3CC3)c1)O[C@H]2n1ccc2c(N)ncnc21. The number of nitrogens with two attached hydrogens (primary N) is 1. The second kappa shape index (κ2) is 7.39. The number of aromatic nitrogens is 3. The lowest BCUT2D eigenvalue weighted by Crippen LogP contribution is -2.35. The minimum atomic E-state index is -0.881. The molecule has 2 N–H and O–H groups in total. The molecule has 0 spiro atoms. The van der Waals surface area contributed by atoms with Crippen molar-refractivity contribution in [3.8, 4) is 5.75 Å². The fourth-order valence-electron chi connectivity index (χ4n) is 4.48. The Labute approximate surface area is 194 Å². The van der Waals surface area contributed by atoms with Gasteiger partial charge in [-0.15, -0.1) is 0 Å². The van der Waals surface area contributed by atoms with Gasteiger partial charge in [0, 0.05) is 11.8 Å². The van der Waals surface area contributed by atoms with Crippen molar-refractivity contribution >= 4 is 34.2 Å². The number of hydrogen-bond donors (Lipinski definition) is 1. The Bertz CT molecular complexity index is 1260. The monoisotopic (exact) mass is 470 g/mol. The van der Waals surface area contributed by atoms with E-state index in [2.05, 4.69) is 9.97 Å². The molecule has 1 aliphatic carbocycles. The van der Waals surface area contributed by atoms with Gasteiger partial charge in [-0.3, -0.25) is 4.79 Å². The van der Waals surface area contributed by atoms with Crippen molar-refractivity contribution in [3.05, 3.63) is 47.4 Å². The summed E-state index contributed by atoms with van der Waals surface area (Å²) in [5.41, 5.74) is 7.03. The van der Waals surface area contributed by atoms with Crippen LogP contribution >= 0.6 is 11.6 Å². The zero-order valence-corrected chi connectivity index (χ0v) is 18.9. The molecule has 3 aliphatic rings. The highest BCUT2D eigenvalue weighted by Gasteiger charge is 2.58. The molecule has 3 fully saturated rings. The summed E-state index contributed by atoms with van der Waals surface area (Å²) in [7, 11) is 0. The first-order chi connectivity index (χ1) is 15.8. The fourth-order valence-corrected chi connectivity index (χ4v) is 4.65. The number of carbonyl (C=O) groups excluding carboxylic acids is 1. The highest BCUT2D eigenvalue weighted by atomic mass is 35.5. The summed E-state index contributed by atoms with van der Waals surface area (Å²) in [5.74, 6) is -0.220. The Balaban J connectivity index is 1.35. The molecule has 33 heavy (non-hydrogen) atoms. The van der Waals surface area contributed by atoms with Gasteiger partial charge in [-0.2, -0.15) is 0 Å². The van der Waals surface area contributed by atoms with E-state index in [0.717, 1.165) is 12.8 Å². The third-order valence-electron chi connectivity index (χ3n) is 6.14. The highest BCUT2D eigenvalue weighted by Crippen LogP contribution is 2.45. The van der Waals surface area contributed by atoms with Crippen LogP contribution in [-0.4, -0.2) is 50.5 Å². The summed E-state index contributed by atoms with van der Waals surface area (Å²) in [4.78, 5) is 22.0. The van der Waals surface area contributed by atoms with E-state index in [1.807, 2.05) is 30.7 Å². The molecular formula is C23H23ClN4O5. The van der Waals surface area contributed by atoms with Crippen molar-refractivity contribution in [1.82, 2.24) is 14.5 Å². The number of benzene rings is 1. The second-order valence-corrected chi connectivity index (χ2v) is 9.47. The quantitative estimate of drug-likeness (QED) is 0.564. The molecule has 172 valence electrons. The minimum absolute atomic E-state index is 0.160. The topological polar surface area (TPSA) is 111 Å². The number of halogens is 1. The van der Waals surface area contributed by atoms with Gasteiger partial charge < -0.3 is 29.2 Å². The molecule has 2 aliphatic heterocycles. The van der Waals surface area contributed by atoms with Crippen molar-refractivity contribution in [2.24, 2.45) is 0 Å². The molecule has 0 unspecified atom stereocenters. The molecule has 2 aromatic heterocycles. The van der Waals surface area contributed by atoms with Crippen LogP contribution in [0.5, 0.6) is 5.75 Å². The molecule has 2 saturated heterocycles. The predicted molar refractivity (Wildman–Crippen MR) is 119 cm³/mol. The van der Waals surface area contributed by atoms with E-state index < -0.39 is 30.3 Å². The van der Waals surface area contributed by atoms with Gasteiger partial charge in [0.1, 0.15) is 35.7 Å². The Morgan fingerprint density at radius 2 is 2.00 bits per heavy atom. The fraction of sp³-hybridized carbons (Fsp3) is 0.435. The van der Waals surface area contributed by atoms with Crippen molar-refractivity contribution in [1.29, 1.82) is 0 Å². The Morgan fingerprint density at radius 1 is 1.21 bits per heavy atom. The van der Waals surface area contributed by atoms with Crippen LogP contribution in [0, 0.1) is 0 Å². The predicted octanol–water partition coefficient (Wildman–Crippen LogP) is 3.51. The standard InChI is InChI=1S/C23H23ClN4O5/c1-23(2)32-18-17(16(29)11-3-6-14(24)15(9-11)30-12-4-5-12)31-22(19(18)33-23)28-8-7-13-20(25)26-10-27-21(13)28/h3,6-10,12,17-19,22H,4-5H2,1-2H3,(H2,25,26,27)/t17-,18-,19-,22-/m1/s1. The van der Waals surface area contributed by atoms with E-state index in [1.54, 1.807) is 18.2 Å². The molecule has 6 rings (SSSR count). The van der Waals surface area contributed by atoms with E-state index in [4.69, 9.17) is 36.3 Å². The van der Waals surface area contributed by atoms with E-state index in [0.29, 0.717) is 33.2 Å². The summed E-state index contributed by atoms with van der Waals surface area (Å²) in [6.45, 7) is 3.64. The molecule has 9 nitrogen and oxygen atoms in total. The van der Waals surface area contributed by atoms with Gasteiger partial charge in [-0.1, -0.05) is 11.6 Å². The molecule has 1 saturated carbocycles. The molecule has 0 radical (unpaired) electrons. The number of Topliss-reactive ketones (excluding diaryl/α,β-unsaturated/α-hetero) is 1. The number of hydrogen-bond acceptors (Lipinski definition) is 8. The zero-order chi connectivity index (χ0) is 22.9. The van der Waals surface area contributed by atoms with E-state index in [9.17, 15) is 4.79 Å². The van der Waals surface area contributed by atoms with Gasteiger partial charge in [-0.05, 0) is 51.0 Å². The molecule has 4 atom stereocenters. The largest absolute Gasteiger partial charge is 0.489 e. The minimum Gasteiger partial charge on any atom is -0.489 e. The lowest BCUT2D eigenvalue weighted by molar-refractivity contribution is -0.190. The van der Waals surface area contributed by atoms with Crippen molar-refractivity contribution in [2.75, 3.05) is 5.73 Å². The van der Waals surface area contributed by atoms with Crippen LogP contribution in [0.2, 0.25) is 5.02 Å². The number of nitrogens with zero attached hydrogens (tertiary/aromatic N) is 3. The Hall–Kier alpha value is -2.72. The number of nitrogen functional groups attached to an aromatic ring is 1. The zero-order valence-electron chi connectivity index (χ0n) is 18.1.